The van der Waals surface area contributed by atoms with Crippen LogP contribution in [-0.4, -0.2) is 52.7 Å². The van der Waals surface area contributed by atoms with Crippen molar-refractivity contribution in [3.63, 3.8) is 0 Å². The molecule has 0 bridgehead atoms. The van der Waals surface area contributed by atoms with E-state index in [1.165, 1.54) is 12.5 Å². The number of carbonyl (C=O) groups excluding carboxylic acids is 1. The number of carbonyl (C=O) groups is 1. The number of nitrogens with two attached hydrogens (primary N) is 1. The summed E-state index contributed by atoms with van der Waals surface area (Å²) in [5.74, 6) is 3.97. The van der Waals surface area contributed by atoms with Crippen LogP contribution < -0.4 is 5.14 Å². The predicted octanol–water partition coefficient (Wildman–Crippen LogP) is 0.630. The van der Waals surface area contributed by atoms with Gasteiger partial charge in [-0.1, -0.05) is 5.92 Å². The Kier molecular flexibility index (Phi) is 7.17. The zero-order valence-electron chi connectivity index (χ0n) is 16.8. The van der Waals surface area contributed by atoms with Crippen molar-refractivity contribution in [1.82, 2.24) is 14.5 Å². The zero-order valence-corrected chi connectivity index (χ0v) is 17.6. The Bertz CT molecular complexity index is 1110. The molecule has 11 heteroatoms. The average molecular weight is 450 g/mol. The van der Waals surface area contributed by atoms with E-state index in [-0.39, 0.29) is 24.2 Å². The number of hydrogen-bond donors (Lipinski definition) is 2. The SMILES string of the molecule is CC#CCn1ccc(C(=O)c2cncnc2C[C@@H]2C[C@H](COS(N)(=O)=O)[C@@H](O)[C@@H]2F)c1. The average Bonchev–Trinajstić information content (AvgIpc) is 3.30. The second-order valence-corrected chi connectivity index (χ2v) is 8.61. The highest BCUT2D eigenvalue weighted by Gasteiger charge is 2.43. The van der Waals surface area contributed by atoms with E-state index in [0.717, 1.165) is 0 Å². The number of hydrogen-bond acceptors (Lipinski definition) is 7. The molecule has 0 unspecified atom stereocenters. The first-order valence-electron chi connectivity index (χ1n) is 9.58. The van der Waals surface area contributed by atoms with Crippen LogP contribution in [-0.2, 0) is 27.5 Å². The van der Waals surface area contributed by atoms with Gasteiger partial charge in [0.15, 0.2) is 5.78 Å². The van der Waals surface area contributed by atoms with Gasteiger partial charge in [-0.05, 0) is 31.7 Å². The highest BCUT2D eigenvalue weighted by Crippen LogP contribution is 2.36. The maximum Gasteiger partial charge on any atom is 0.333 e. The molecule has 2 aromatic heterocycles. The molecular formula is C20H23FN4O5S. The fourth-order valence-corrected chi connectivity index (χ4v) is 4.06. The fourth-order valence-electron chi connectivity index (χ4n) is 3.70. The van der Waals surface area contributed by atoms with Crippen LogP contribution in [0.5, 0.6) is 0 Å². The summed E-state index contributed by atoms with van der Waals surface area (Å²) >= 11 is 0. The molecule has 3 N–H and O–H groups in total. The standard InChI is InChI=1S/C20H23FN4O5S/c1-2-3-5-25-6-4-13(10-25)19(26)16-9-23-12-24-17(16)8-14-7-15(20(27)18(14)21)11-30-31(22,28)29/h4,6,9-10,12,14-15,18,20,27H,5,7-8,11H2,1H3,(H2,22,28,29)/t14-,15+,18+,20+/m0/s1. The highest BCUT2D eigenvalue weighted by molar-refractivity contribution is 7.84. The molecule has 166 valence electrons. The molecule has 1 aliphatic carbocycles. The molecule has 4 atom stereocenters. The van der Waals surface area contributed by atoms with Gasteiger partial charge in [-0.2, -0.15) is 8.42 Å². The molecule has 2 aromatic rings. The van der Waals surface area contributed by atoms with Gasteiger partial charge in [-0.3, -0.25) is 8.98 Å². The number of halogens is 1. The summed E-state index contributed by atoms with van der Waals surface area (Å²) in [6.45, 7) is 1.76. The molecule has 9 nitrogen and oxygen atoms in total. The van der Waals surface area contributed by atoms with Crippen molar-refractivity contribution in [1.29, 1.82) is 0 Å². The third kappa shape index (κ3) is 5.74. The van der Waals surface area contributed by atoms with Crippen LogP contribution in [0.1, 0.15) is 35.0 Å². The summed E-state index contributed by atoms with van der Waals surface area (Å²) in [6.07, 6.45) is 3.27. The van der Waals surface area contributed by atoms with Gasteiger partial charge in [0.2, 0.25) is 0 Å². The first-order chi connectivity index (χ1) is 14.7. The molecule has 31 heavy (non-hydrogen) atoms. The van der Waals surface area contributed by atoms with Gasteiger partial charge in [-0.25, -0.2) is 19.5 Å². The van der Waals surface area contributed by atoms with Crippen LogP contribution in [0.4, 0.5) is 4.39 Å². The van der Waals surface area contributed by atoms with E-state index in [9.17, 15) is 22.7 Å². The highest BCUT2D eigenvalue weighted by atomic mass is 32.2. The third-order valence-electron chi connectivity index (χ3n) is 5.26. The van der Waals surface area contributed by atoms with Crippen molar-refractivity contribution in [2.24, 2.45) is 17.0 Å². The van der Waals surface area contributed by atoms with E-state index in [4.69, 9.17) is 5.14 Å². The molecule has 0 aromatic carbocycles. The summed E-state index contributed by atoms with van der Waals surface area (Å²) in [5, 5.41) is 14.9. The van der Waals surface area contributed by atoms with Gasteiger partial charge in [-0.15, -0.1) is 5.92 Å². The van der Waals surface area contributed by atoms with E-state index in [0.29, 0.717) is 17.8 Å². The van der Waals surface area contributed by atoms with Gasteiger partial charge < -0.3 is 9.67 Å². The molecule has 0 amide bonds. The number of ketones is 1. The summed E-state index contributed by atoms with van der Waals surface area (Å²) < 4.78 is 42.9. The minimum Gasteiger partial charge on any atom is -0.390 e. The summed E-state index contributed by atoms with van der Waals surface area (Å²) in [6, 6.07) is 1.66. The van der Waals surface area contributed by atoms with E-state index >= 15 is 0 Å². The van der Waals surface area contributed by atoms with Gasteiger partial charge in [0.1, 0.15) is 12.5 Å². The minimum atomic E-state index is -4.19. The summed E-state index contributed by atoms with van der Waals surface area (Å²) in [4.78, 5) is 21.1. The molecule has 2 heterocycles. The van der Waals surface area contributed by atoms with E-state index < -0.39 is 41.0 Å². The van der Waals surface area contributed by atoms with Crippen molar-refractivity contribution in [2.75, 3.05) is 6.61 Å². The Morgan fingerprint density at radius 1 is 1.45 bits per heavy atom. The number of rotatable bonds is 8. The lowest BCUT2D eigenvalue weighted by atomic mass is 9.95. The molecule has 1 fully saturated rings. The second-order valence-electron chi connectivity index (χ2n) is 7.38. The number of aromatic nitrogens is 3. The van der Waals surface area contributed by atoms with Gasteiger partial charge in [0, 0.05) is 30.1 Å². The van der Waals surface area contributed by atoms with Crippen molar-refractivity contribution >= 4 is 16.1 Å². The molecule has 0 spiro atoms. The van der Waals surface area contributed by atoms with Gasteiger partial charge in [0.25, 0.3) is 0 Å². The van der Waals surface area contributed by atoms with Crippen LogP contribution in [0.15, 0.2) is 31.0 Å². The lowest BCUT2D eigenvalue weighted by molar-refractivity contribution is 0.0438. The maximum absolute atomic E-state index is 14.7. The molecular weight excluding hydrogens is 427 g/mol. The number of alkyl halides is 1. The number of nitrogens with zero attached hydrogens (tertiary/aromatic N) is 3. The normalized spacial score (nSPS) is 23.4. The molecule has 1 saturated carbocycles. The first kappa shape index (κ1) is 23.0. The smallest absolute Gasteiger partial charge is 0.333 e. The third-order valence-corrected chi connectivity index (χ3v) is 5.72. The molecule has 0 aliphatic heterocycles. The largest absolute Gasteiger partial charge is 0.390 e. The Labute approximate surface area is 179 Å². The quantitative estimate of drug-likeness (QED) is 0.444. The zero-order chi connectivity index (χ0) is 22.6. The molecule has 0 saturated heterocycles. The van der Waals surface area contributed by atoms with E-state index in [2.05, 4.69) is 26.0 Å². The van der Waals surface area contributed by atoms with Crippen molar-refractivity contribution in [3.8, 4) is 11.8 Å². The fraction of sp³-hybridized carbons (Fsp3) is 0.450. The maximum atomic E-state index is 14.7. The Morgan fingerprint density at radius 3 is 2.94 bits per heavy atom. The minimum absolute atomic E-state index is 0.0791. The lowest BCUT2D eigenvalue weighted by Gasteiger charge is -2.15. The van der Waals surface area contributed by atoms with Gasteiger partial charge >= 0.3 is 10.3 Å². The number of aliphatic hydroxyl groups excluding tert-OH is 1. The number of aliphatic hydroxyl groups is 1. The van der Waals surface area contributed by atoms with Crippen LogP contribution in [0, 0.1) is 23.7 Å². The summed E-state index contributed by atoms with van der Waals surface area (Å²) in [7, 11) is -4.19. The van der Waals surface area contributed by atoms with Crippen LogP contribution >= 0.6 is 0 Å². The molecule has 3 rings (SSSR count). The molecule has 1 aliphatic rings. The van der Waals surface area contributed by atoms with Gasteiger partial charge in [0.05, 0.1) is 30.5 Å². The Morgan fingerprint density at radius 2 is 2.23 bits per heavy atom. The van der Waals surface area contributed by atoms with Crippen LogP contribution in [0.25, 0.3) is 0 Å². The van der Waals surface area contributed by atoms with Crippen LogP contribution in [0.2, 0.25) is 0 Å². The van der Waals surface area contributed by atoms with Crippen molar-refractivity contribution in [2.45, 2.75) is 38.6 Å². The topological polar surface area (TPSA) is 137 Å². The second kappa shape index (κ2) is 9.65. The van der Waals surface area contributed by atoms with E-state index in [1.54, 1.807) is 30.0 Å². The monoisotopic (exact) mass is 450 g/mol. The molecule has 0 radical (unpaired) electrons. The Balaban J connectivity index is 1.75. The van der Waals surface area contributed by atoms with Crippen LogP contribution in [0.3, 0.4) is 0 Å². The lowest BCUT2D eigenvalue weighted by Crippen LogP contribution is -2.29. The summed E-state index contributed by atoms with van der Waals surface area (Å²) in [5.41, 5.74) is 1.03. The first-order valence-corrected chi connectivity index (χ1v) is 11.0. The van der Waals surface area contributed by atoms with E-state index in [1.807, 2.05) is 0 Å². The van der Waals surface area contributed by atoms with Crippen molar-refractivity contribution in [3.05, 3.63) is 47.8 Å². The van der Waals surface area contributed by atoms with Crippen molar-refractivity contribution < 1.29 is 26.9 Å². The predicted molar refractivity (Wildman–Crippen MR) is 109 cm³/mol. The Hall–Kier alpha value is -2.65.